The van der Waals surface area contributed by atoms with Gasteiger partial charge in [-0.05, 0) is 56.4 Å². The Labute approximate surface area is 150 Å². The Morgan fingerprint density at radius 1 is 1.19 bits per heavy atom. The first-order valence-corrected chi connectivity index (χ1v) is 8.58. The molecule has 1 fully saturated rings. The number of aromatic nitrogens is 1. The highest BCUT2D eigenvalue weighted by Gasteiger charge is 2.31. The summed E-state index contributed by atoms with van der Waals surface area (Å²) in [7, 11) is 0. The van der Waals surface area contributed by atoms with E-state index in [1.165, 1.54) is 5.57 Å². The summed E-state index contributed by atoms with van der Waals surface area (Å²) < 4.78 is 43.9. The lowest BCUT2D eigenvalue weighted by Crippen LogP contribution is -2.23. The largest absolute Gasteiger partial charge is 0.439 e. The Bertz CT molecular complexity index is 805. The molecule has 2 N–H and O–H groups in total. The molecule has 2 aromatic rings. The molecule has 0 amide bonds. The zero-order valence-electron chi connectivity index (χ0n) is 14.5. The summed E-state index contributed by atoms with van der Waals surface area (Å²) in [5, 5.41) is 0. The smallest absolute Gasteiger partial charge is 0.417 e. The van der Waals surface area contributed by atoms with Gasteiger partial charge in [0.1, 0.15) is 5.75 Å². The Kier molecular flexibility index (Phi) is 5.32. The van der Waals surface area contributed by atoms with Crippen molar-refractivity contribution in [1.29, 1.82) is 0 Å². The van der Waals surface area contributed by atoms with Gasteiger partial charge in [-0.1, -0.05) is 23.8 Å². The lowest BCUT2D eigenvalue weighted by atomic mass is 9.90. The molecule has 0 saturated heterocycles. The highest BCUT2D eigenvalue weighted by atomic mass is 19.4. The molecule has 0 bridgehead atoms. The van der Waals surface area contributed by atoms with Crippen molar-refractivity contribution in [1.82, 2.24) is 4.98 Å². The van der Waals surface area contributed by atoms with Gasteiger partial charge in [0, 0.05) is 17.8 Å². The van der Waals surface area contributed by atoms with E-state index in [0.29, 0.717) is 11.3 Å². The Morgan fingerprint density at radius 3 is 2.58 bits per heavy atom. The molecule has 6 heteroatoms. The lowest BCUT2D eigenvalue weighted by Gasteiger charge is -2.20. The van der Waals surface area contributed by atoms with E-state index in [1.54, 1.807) is 13.0 Å². The maximum Gasteiger partial charge on any atom is 0.417 e. The Morgan fingerprint density at radius 2 is 1.92 bits per heavy atom. The number of benzene rings is 1. The summed E-state index contributed by atoms with van der Waals surface area (Å²) in [6.45, 7) is 1.55. The monoisotopic (exact) mass is 362 g/mol. The number of halogens is 3. The second-order valence-corrected chi connectivity index (χ2v) is 6.66. The normalized spacial score (nSPS) is 17.9. The van der Waals surface area contributed by atoms with Crippen LogP contribution in [0.25, 0.3) is 6.08 Å². The Hall–Kier alpha value is -2.34. The van der Waals surface area contributed by atoms with Crippen LogP contribution in [0.1, 0.15) is 42.4 Å². The molecule has 138 valence electrons. The maximum atomic E-state index is 12.7. The predicted molar refractivity (Wildman–Crippen MR) is 94.9 cm³/mol. The first-order chi connectivity index (χ1) is 12.3. The van der Waals surface area contributed by atoms with Crippen LogP contribution in [0, 0.1) is 6.92 Å². The van der Waals surface area contributed by atoms with Crippen LogP contribution in [0.4, 0.5) is 13.2 Å². The summed E-state index contributed by atoms with van der Waals surface area (Å²) in [6.07, 6.45) is 2.49. The number of nitrogens with zero attached hydrogens (tertiary/aromatic N) is 1. The molecule has 0 aliphatic heterocycles. The molecule has 1 aliphatic carbocycles. The van der Waals surface area contributed by atoms with E-state index in [0.717, 1.165) is 43.5 Å². The molecule has 1 aromatic heterocycles. The zero-order valence-corrected chi connectivity index (χ0v) is 14.5. The van der Waals surface area contributed by atoms with Crippen molar-refractivity contribution in [2.24, 2.45) is 5.73 Å². The SMILES string of the molecule is Cc1cc(C(F)(F)F)cnc1Oc1cccc(C=C2CCC(N)CC2)c1. The minimum absolute atomic E-state index is 0.173. The van der Waals surface area contributed by atoms with E-state index in [-0.39, 0.29) is 11.9 Å². The van der Waals surface area contributed by atoms with Gasteiger partial charge in [-0.3, -0.25) is 0 Å². The fraction of sp³-hybridized carbons (Fsp3) is 0.350. The predicted octanol–water partition coefficient (Wildman–Crippen LogP) is 5.49. The van der Waals surface area contributed by atoms with E-state index < -0.39 is 11.7 Å². The highest BCUT2D eigenvalue weighted by Crippen LogP contribution is 2.32. The first kappa shape index (κ1) is 18.5. The van der Waals surface area contributed by atoms with Crippen LogP contribution in [0.5, 0.6) is 11.6 Å². The van der Waals surface area contributed by atoms with Crippen molar-refractivity contribution < 1.29 is 17.9 Å². The van der Waals surface area contributed by atoms with Crippen LogP contribution in [0.15, 0.2) is 42.1 Å². The van der Waals surface area contributed by atoms with Gasteiger partial charge in [0.2, 0.25) is 5.88 Å². The third-order valence-electron chi connectivity index (χ3n) is 4.47. The second kappa shape index (κ2) is 7.50. The minimum Gasteiger partial charge on any atom is -0.439 e. The van der Waals surface area contributed by atoms with Crippen molar-refractivity contribution in [2.75, 3.05) is 0 Å². The fourth-order valence-corrected chi connectivity index (χ4v) is 2.99. The summed E-state index contributed by atoms with van der Waals surface area (Å²) in [6, 6.07) is 8.78. The number of hydrogen-bond donors (Lipinski definition) is 1. The topological polar surface area (TPSA) is 48.1 Å². The number of nitrogens with two attached hydrogens (primary N) is 1. The second-order valence-electron chi connectivity index (χ2n) is 6.66. The highest BCUT2D eigenvalue weighted by molar-refractivity contribution is 5.55. The number of ether oxygens (including phenoxy) is 1. The van der Waals surface area contributed by atoms with Gasteiger partial charge in [-0.2, -0.15) is 13.2 Å². The quantitative estimate of drug-likeness (QED) is 0.786. The van der Waals surface area contributed by atoms with Crippen molar-refractivity contribution in [3.8, 4) is 11.6 Å². The summed E-state index contributed by atoms with van der Waals surface area (Å²) in [5.74, 6) is 0.716. The van der Waals surface area contributed by atoms with Crippen LogP contribution in [0.2, 0.25) is 0 Å². The lowest BCUT2D eigenvalue weighted by molar-refractivity contribution is -0.137. The zero-order chi connectivity index (χ0) is 18.7. The average molecular weight is 362 g/mol. The average Bonchev–Trinajstić information content (AvgIpc) is 2.58. The first-order valence-electron chi connectivity index (χ1n) is 8.58. The number of pyridine rings is 1. The molecule has 0 spiro atoms. The van der Waals surface area contributed by atoms with Gasteiger partial charge >= 0.3 is 6.18 Å². The van der Waals surface area contributed by atoms with Crippen LogP contribution in [-0.4, -0.2) is 11.0 Å². The molecule has 1 saturated carbocycles. The fourth-order valence-electron chi connectivity index (χ4n) is 2.99. The van der Waals surface area contributed by atoms with Gasteiger partial charge in [0.15, 0.2) is 0 Å². The van der Waals surface area contributed by atoms with Gasteiger partial charge in [-0.15, -0.1) is 0 Å². The number of alkyl halides is 3. The number of allylic oxidation sites excluding steroid dienone is 1. The molecule has 3 nitrogen and oxygen atoms in total. The molecular weight excluding hydrogens is 341 g/mol. The standard InChI is InChI=1S/C20H21F3N2O/c1-13-9-16(20(21,22)23)12-25-19(13)26-18-4-2-3-15(11-18)10-14-5-7-17(24)8-6-14/h2-4,9-12,17H,5-8,24H2,1H3. The van der Waals surface area contributed by atoms with Crippen molar-refractivity contribution in [3.63, 3.8) is 0 Å². The van der Waals surface area contributed by atoms with Crippen LogP contribution < -0.4 is 10.5 Å². The van der Waals surface area contributed by atoms with E-state index in [9.17, 15) is 13.2 Å². The van der Waals surface area contributed by atoms with Gasteiger partial charge in [-0.25, -0.2) is 4.98 Å². The molecule has 1 aromatic carbocycles. The maximum absolute atomic E-state index is 12.7. The Balaban J connectivity index is 1.76. The van der Waals surface area contributed by atoms with Crippen molar-refractivity contribution in [3.05, 3.63) is 58.8 Å². The minimum atomic E-state index is -4.41. The summed E-state index contributed by atoms with van der Waals surface area (Å²) in [4.78, 5) is 3.82. The molecule has 0 atom stereocenters. The van der Waals surface area contributed by atoms with E-state index >= 15 is 0 Å². The molecule has 26 heavy (non-hydrogen) atoms. The van der Waals surface area contributed by atoms with E-state index in [1.807, 2.05) is 18.2 Å². The van der Waals surface area contributed by atoms with Crippen LogP contribution in [0.3, 0.4) is 0 Å². The summed E-state index contributed by atoms with van der Waals surface area (Å²) in [5.41, 5.74) is 7.84. The molecule has 3 rings (SSSR count). The molecule has 1 heterocycles. The van der Waals surface area contributed by atoms with Crippen LogP contribution in [-0.2, 0) is 6.18 Å². The number of hydrogen-bond acceptors (Lipinski definition) is 3. The van der Waals surface area contributed by atoms with Gasteiger partial charge in [0.05, 0.1) is 5.56 Å². The summed E-state index contributed by atoms with van der Waals surface area (Å²) >= 11 is 0. The molecular formula is C20H21F3N2O. The van der Waals surface area contributed by atoms with Gasteiger partial charge in [0.25, 0.3) is 0 Å². The number of rotatable bonds is 3. The molecule has 0 unspecified atom stereocenters. The van der Waals surface area contributed by atoms with Crippen LogP contribution >= 0.6 is 0 Å². The van der Waals surface area contributed by atoms with E-state index in [4.69, 9.17) is 10.5 Å². The number of aryl methyl sites for hydroxylation is 1. The third kappa shape index (κ3) is 4.64. The third-order valence-corrected chi connectivity index (χ3v) is 4.47. The molecule has 1 aliphatic rings. The molecule has 0 radical (unpaired) electrons. The van der Waals surface area contributed by atoms with Crippen molar-refractivity contribution in [2.45, 2.75) is 44.8 Å². The van der Waals surface area contributed by atoms with Crippen molar-refractivity contribution >= 4 is 6.08 Å². The van der Waals surface area contributed by atoms with Gasteiger partial charge < -0.3 is 10.5 Å². The van der Waals surface area contributed by atoms with E-state index in [2.05, 4.69) is 11.1 Å².